The minimum absolute atomic E-state index is 0.0956. The molecule has 7 heteroatoms. The van der Waals surface area contributed by atoms with Crippen LogP contribution in [0.2, 0.25) is 0 Å². The van der Waals surface area contributed by atoms with Crippen LogP contribution in [0.1, 0.15) is 29.2 Å². The highest BCUT2D eigenvalue weighted by atomic mass is 16.5. The van der Waals surface area contributed by atoms with E-state index >= 15 is 0 Å². The molecule has 0 fully saturated rings. The van der Waals surface area contributed by atoms with Crippen molar-refractivity contribution < 1.29 is 19.4 Å². The molecule has 102 valence electrons. The third kappa shape index (κ3) is 2.12. The standard InChI is InChI=1S/C12H14N2O5/c1-3-19-8(16)6-14-5-4-7(15)9-10(14)12(18)13(2)11(9)17/h4-5,12,18H,3,6H2,1-2H3. The van der Waals surface area contributed by atoms with Gasteiger partial charge in [-0.1, -0.05) is 0 Å². The number of carbonyl (C=O) groups is 2. The van der Waals surface area contributed by atoms with Gasteiger partial charge in [0, 0.05) is 19.3 Å². The number of aliphatic hydroxyl groups is 1. The number of fused-ring (bicyclic) bond motifs is 1. The van der Waals surface area contributed by atoms with E-state index in [0.717, 1.165) is 4.90 Å². The Morgan fingerprint density at radius 3 is 2.79 bits per heavy atom. The Morgan fingerprint density at radius 2 is 2.16 bits per heavy atom. The molecule has 1 aliphatic heterocycles. The summed E-state index contributed by atoms with van der Waals surface area (Å²) in [6.07, 6.45) is 0.138. The average Bonchev–Trinajstić information content (AvgIpc) is 2.59. The van der Waals surface area contributed by atoms with Gasteiger partial charge in [0.1, 0.15) is 12.1 Å². The zero-order chi connectivity index (χ0) is 14.2. The largest absolute Gasteiger partial charge is 0.465 e. The van der Waals surface area contributed by atoms with E-state index in [1.165, 1.54) is 23.9 Å². The summed E-state index contributed by atoms with van der Waals surface area (Å²) < 4.78 is 6.17. The van der Waals surface area contributed by atoms with E-state index in [4.69, 9.17) is 4.74 Å². The summed E-state index contributed by atoms with van der Waals surface area (Å²) >= 11 is 0. The molecular weight excluding hydrogens is 252 g/mol. The lowest BCUT2D eigenvalue weighted by Gasteiger charge is -2.17. The lowest BCUT2D eigenvalue weighted by atomic mass is 10.2. The zero-order valence-corrected chi connectivity index (χ0v) is 10.6. The van der Waals surface area contributed by atoms with Crippen LogP contribution in [0, 0.1) is 0 Å². The van der Waals surface area contributed by atoms with Gasteiger partial charge in [-0.15, -0.1) is 0 Å². The molecule has 1 aromatic heterocycles. The van der Waals surface area contributed by atoms with Crippen LogP contribution in [0.15, 0.2) is 17.1 Å². The van der Waals surface area contributed by atoms with E-state index in [2.05, 4.69) is 0 Å². The van der Waals surface area contributed by atoms with Gasteiger partial charge in [0.15, 0.2) is 11.7 Å². The van der Waals surface area contributed by atoms with Crippen molar-refractivity contribution in [1.82, 2.24) is 9.47 Å². The summed E-state index contributed by atoms with van der Waals surface area (Å²) in [5, 5.41) is 9.96. The second kappa shape index (κ2) is 4.85. The molecule has 0 radical (unpaired) electrons. The van der Waals surface area contributed by atoms with Crippen molar-refractivity contribution in [3.8, 4) is 0 Å². The van der Waals surface area contributed by atoms with Gasteiger partial charge < -0.3 is 19.3 Å². The van der Waals surface area contributed by atoms with Crippen LogP contribution >= 0.6 is 0 Å². The van der Waals surface area contributed by atoms with Gasteiger partial charge in [-0.2, -0.15) is 0 Å². The van der Waals surface area contributed by atoms with Crippen molar-refractivity contribution in [3.63, 3.8) is 0 Å². The molecule has 2 heterocycles. The maximum absolute atomic E-state index is 11.8. The van der Waals surface area contributed by atoms with Crippen molar-refractivity contribution in [1.29, 1.82) is 0 Å². The third-order valence-electron chi connectivity index (χ3n) is 2.97. The van der Waals surface area contributed by atoms with E-state index in [-0.39, 0.29) is 24.4 Å². The van der Waals surface area contributed by atoms with E-state index in [1.54, 1.807) is 6.92 Å². The third-order valence-corrected chi connectivity index (χ3v) is 2.97. The molecule has 1 N–H and O–H groups in total. The molecule has 1 amide bonds. The van der Waals surface area contributed by atoms with Gasteiger partial charge in [-0.05, 0) is 6.92 Å². The van der Waals surface area contributed by atoms with Crippen LogP contribution in [0.3, 0.4) is 0 Å². The summed E-state index contributed by atoms with van der Waals surface area (Å²) in [4.78, 5) is 36.0. The highest BCUT2D eigenvalue weighted by Crippen LogP contribution is 2.27. The van der Waals surface area contributed by atoms with Crippen molar-refractivity contribution in [2.45, 2.75) is 19.7 Å². The maximum atomic E-state index is 11.8. The first-order chi connectivity index (χ1) is 8.97. The minimum atomic E-state index is -1.23. The molecule has 0 aliphatic carbocycles. The first-order valence-electron chi connectivity index (χ1n) is 5.81. The van der Waals surface area contributed by atoms with E-state index in [9.17, 15) is 19.5 Å². The molecule has 1 unspecified atom stereocenters. The Kier molecular flexibility index (Phi) is 3.39. The van der Waals surface area contributed by atoms with Crippen LogP contribution < -0.4 is 5.43 Å². The number of hydrogen-bond acceptors (Lipinski definition) is 5. The Morgan fingerprint density at radius 1 is 1.47 bits per heavy atom. The van der Waals surface area contributed by atoms with Gasteiger partial charge in [0.25, 0.3) is 5.91 Å². The predicted molar refractivity (Wildman–Crippen MR) is 64.4 cm³/mol. The normalized spacial score (nSPS) is 17.5. The van der Waals surface area contributed by atoms with E-state index in [1.807, 2.05) is 0 Å². The summed E-state index contributed by atoms with van der Waals surface area (Å²) in [6, 6.07) is 1.20. The number of pyridine rings is 1. The van der Waals surface area contributed by atoms with Gasteiger partial charge >= 0.3 is 5.97 Å². The number of nitrogens with zero attached hydrogens (tertiary/aromatic N) is 2. The first-order valence-corrected chi connectivity index (χ1v) is 5.81. The second-order valence-corrected chi connectivity index (χ2v) is 4.16. The smallest absolute Gasteiger partial charge is 0.325 e. The molecule has 0 bridgehead atoms. The fraction of sp³-hybridized carbons (Fsp3) is 0.417. The number of amides is 1. The van der Waals surface area contributed by atoms with Crippen LogP contribution in [0.5, 0.6) is 0 Å². The van der Waals surface area contributed by atoms with Crippen LogP contribution in [0.4, 0.5) is 0 Å². The fourth-order valence-electron chi connectivity index (χ4n) is 2.04. The molecule has 19 heavy (non-hydrogen) atoms. The summed E-state index contributed by atoms with van der Waals surface area (Å²) in [5.74, 6) is -1.05. The number of hydrogen-bond donors (Lipinski definition) is 1. The van der Waals surface area contributed by atoms with Gasteiger partial charge in [-0.25, -0.2) is 0 Å². The van der Waals surface area contributed by atoms with Crippen LogP contribution in [-0.4, -0.2) is 40.1 Å². The zero-order valence-electron chi connectivity index (χ0n) is 10.6. The highest BCUT2D eigenvalue weighted by molar-refractivity contribution is 5.98. The number of esters is 1. The Hall–Kier alpha value is -2.15. The molecular formula is C12H14N2O5. The Labute approximate surface area is 109 Å². The lowest BCUT2D eigenvalue weighted by molar-refractivity contribution is -0.143. The number of ether oxygens (including phenoxy) is 1. The van der Waals surface area contributed by atoms with Crippen molar-refractivity contribution in [3.05, 3.63) is 33.7 Å². The summed E-state index contributed by atoms with van der Waals surface area (Å²) in [5.41, 5.74) is -0.432. The molecule has 2 rings (SSSR count). The van der Waals surface area contributed by atoms with Crippen LogP contribution in [0.25, 0.3) is 0 Å². The number of rotatable bonds is 3. The molecule has 7 nitrogen and oxygen atoms in total. The molecule has 1 atom stereocenters. The van der Waals surface area contributed by atoms with Crippen molar-refractivity contribution in [2.24, 2.45) is 0 Å². The van der Waals surface area contributed by atoms with E-state index in [0.29, 0.717) is 0 Å². The predicted octanol–water partition coefficient (Wildman–Crippen LogP) is -0.512. The van der Waals surface area contributed by atoms with Gasteiger partial charge in [0.2, 0.25) is 0 Å². The monoisotopic (exact) mass is 266 g/mol. The Balaban J connectivity index is 2.47. The summed E-state index contributed by atoms with van der Waals surface area (Å²) in [7, 11) is 1.39. The van der Waals surface area contributed by atoms with Crippen LogP contribution in [-0.2, 0) is 16.1 Å². The average molecular weight is 266 g/mol. The quantitative estimate of drug-likeness (QED) is 0.744. The maximum Gasteiger partial charge on any atom is 0.325 e. The van der Waals surface area contributed by atoms with Crippen molar-refractivity contribution >= 4 is 11.9 Å². The Bertz CT molecular complexity index is 592. The SMILES string of the molecule is CCOC(=O)Cn1ccc(=O)c2c1C(O)N(C)C2=O. The lowest BCUT2D eigenvalue weighted by Crippen LogP contribution is -2.24. The van der Waals surface area contributed by atoms with E-state index < -0.39 is 23.5 Å². The molecule has 1 aromatic rings. The molecule has 0 saturated carbocycles. The molecule has 0 spiro atoms. The molecule has 0 aromatic carbocycles. The van der Waals surface area contributed by atoms with Gasteiger partial charge in [-0.3, -0.25) is 14.4 Å². The molecule has 0 saturated heterocycles. The fourth-order valence-corrected chi connectivity index (χ4v) is 2.04. The number of carbonyl (C=O) groups excluding carboxylic acids is 2. The molecule has 1 aliphatic rings. The number of aromatic nitrogens is 1. The first kappa shape index (κ1) is 13.3. The topological polar surface area (TPSA) is 88.8 Å². The minimum Gasteiger partial charge on any atom is -0.465 e. The highest BCUT2D eigenvalue weighted by Gasteiger charge is 2.37. The summed E-state index contributed by atoms with van der Waals surface area (Å²) in [6.45, 7) is 1.76. The van der Waals surface area contributed by atoms with Gasteiger partial charge in [0.05, 0.1) is 12.3 Å². The second-order valence-electron chi connectivity index (χ2n) is 4.16. The number of aliphatic hydroxyl groups excluding tert-OH is 1. The van der Waals surface area contributed by atoms with Crippen molar-refractivity contribution in [2.75, 3.05) is 13.7 Å².